The van der Waals surface area contributed by atoms with E-state index in [1.807, 2.05) is 0 Å². The van der Waals surface area contributed by atoms with E-state index in [0.29, 0.717) is 0 Å². The summed E-state index contributed by atoms with van der Waals surface area (Å²) in [6.07, 6.45) is 8.33. The third kappa shape index (κ3) is 4.46. The highest BCUT2D eigenvalue weighted by Crippen LogP contribution is 2.23. The third-order valence-corrected chi connectivity index (χ3v) is 5.13. The van der Waals surface area contributed by atoms with E-state index in [0.717, 1.165) is 12.1 Å². The number of hydrogen-bond acceptors (Lipinski definition) is 3. The number of piperidine rings is 1. The number of nitrogens with zero attached hydrogens (tertiary/aromatic N) is 1. The van der Waals surface area contributed by atoms with Crippen LogP contribution in [0.1, 0.15) is 45.4 Å². The molecule has 17 heavy (non-hydrogen) atoms. The van der Waals surface area contributed by atoms with Crippen LogP contribution >= 0.6 is 11.8 Å². The molecule has 2 nitrogen and oxygen atoms in total. The van der Waals surface area contributed by atoms with Crippen LogP contribution < -0.4 is 5.32 Å². The Labute approximate surface area is 111 Å². The van der Waals surface area contributed by atoms with Crippen molar-refractivity contribution in [1.29, 1.82) is 0 Å². The summed E-state index contributed by atoms with van der Waals surface area (Å²) in [6, 6.07) is 1.64. The van der Waals surface area contributed by atoms with Crippen LogP contribution in [0.4, 0.5) is 0 Å². The summed E-state index contributed by atoms with van der Waals surface area (Å²) in [6.45, 7) is 6.15. The van der Waals surface area contributed by atoms with Gasteiger partial charge < -0.3 is 5.32 Å². The Morgan fingerprint density at radius 3 is 2.65 bits per heavy atom. The zero-order valence-electron chi connectivity index (χ0n) is 11.3. The van der Waals surface area contributed by atoms with Crippen molar-refractivity contribution < 1.29 is 0 Å². The molecular weight excluding hydrogens is 228 g/mol. The maximum absolute atomic E-state index is 3.70. The highest BCUT2D eigenvalue weighted by Gasteiger charge is 2.24. The molecule has 2 aliphatic heterocycles. The summed E-state index contributed by atoms with van der Waals surface area (Å²) in [4.78, 5) is 2.78. The van der Waals surface area contributed by atoms with Gasteiger partial charge in [0.15, 0.2) is 0 Å². The van der Waals surface area contributed by atoms with Gasteiger partial charge in [0.25, 0.3) is 0 Å². The van der Waals surface area contributed by atoms with Crippen LogP contribution in [0.5, 0.6) is 0 Å². The van der Waals surface area contributed by atoms with E-state index in [2.05, 4.69) is 28.9 Å². The predicted octanol–water partition coefficient (Wildman–Crippen LogP) is 2.74. The Bertz CT molecular complexity index is 198. The maximum atomic E-state index is 3.70. The molecule has 0 aromatic rings. The summed E-state index contributed by atoms with van der Waals surface area (Å²) in [5.41, 5.74) is 0. The summed E-state index contributed by atoms with van der Waals surface area (Å²) in [5.74, 6) is 2.76. The van der Waals surface area contributed by atoms with Crippen LogP contribution in [0.25, 0.3) is 0 Å². The van der Waals surface area contributed by atoms with Crippen molar-refractivity contribution in [1.82, 2.24) is 10.2 Å². The molecule has 0 aromatic heterocycles. The van der Waals surface area contributed by atoms with E-state index < -0.39 is 0 Å². The van der Waals surface area contributed by atoms with Gasteiger partial charge in [-0.3, -0.25) is 4.90 Å². The van der Waals surface area contributed by atoms with E-state index in [1.54, 1.807) is 0 Å². The SMILES string of the molecule is CCCN(CC1CCCCN1)C1CCSCC1. The summed E-state index contributed by atoms with van der Waals surface area (Å²) in [5, 5.41) is 3.70. The molecule has 0 radical (unpaired) electrons. The van der Waals surface area contributed by atoms with Gasteiger partial charge in [-0.15, -0.1) is 0 Å². The van der Waals surface area contributed by atoms with Gasteiger partial charge in [0.2, 0.25) is 0 Å². The van der Waals surface area contributed by atoms with Crippen molar-refractivity contribution >= 4 is 11.8 Å². The molecule has 0 aliphatic carbocycles. The van der Waals surface area contributed by atoms with Crippen LogP contribution in [0.15, 0.2) is 0 Å². The zero-order chi connectivity index (χ0) is 11.9. The van der Waals surface area contributed by atoms with Gasteiger partial charge >= 0.3 is 0 Å². The molecule has 3 heteroatoms. The monoisotopic (exact) mass is 256 g/mol. The van der Waals surface area contributed by atoms with Gasteiger partial charge in [0.1, 0.15) is 0 Å². The maximum Gasteiger partial charge on any atom is 0.0195 e. The second-order valence-electron chi connectivity index (χ2n) is 5.49. The molecule has 1 atom stereocenters. The normalized spacial score (nSPS) is 27.5. The molecule has 2 aliphatic rings. The first-order valence-corrected chi connectivity index (χ1v) is 8.61. The molecular formula is C14H28N2S. The van der Waals surface area contributed by atoms with Crippen LogP contribution in [-0.4, -0.2) is 48.1 Å². The van der Waals surface area contributed by atoms with Gasteiger partial charge in [0.05, 0.1) is 0 Å². The lowest BCUT2D eigenvalue weighted by molar-refractivity contribution is 0.157. The van der Waals surface area contributed by atoms with Gasteiger partial charge in [-0.2, -0.15) is 11.8 Å². The smallest absolute Gasteiger partial charge is 0.0195 e. The van der Waals surface area contributed by atoms with Crippen LogP contribution in [0.2, 0.25) is 0 Å². The fourth-order valence-corrected chi connectivity index (χ4v) is 4.20. The molecule has 0 aromatic carbocycles. The molecule has 0 amide bonds. The Kier molecular flexibility index (Phi) is 6.16. The highest BCUT2D eigenvalue weighted by molar-refractivity contribution is 7.99. The fourth-order valence-electron chi connectivity index (χ4n) is 3.12. The summed E-state index contributed by atoms with van der Waals surface area (Å²) in [7, 11) is 0. The number of thioether (sulfide) groups is 1. The lowest BCUT2D eigenvalue weighted by atomic mass is 10.0. The molecule has 0 spiro atoms. The summed E-state index contributed by atoms with van der Waals surface area (Å²) < 4.78 is 0. The minimum Gasteiger partial charge on any atom is -0.313 e. The first-order valence-electron chi connectivity index (χ1n) is 7.45. The quantitative estimate of drug-likeness (QED) is 0.814. The molecule has 2 fully saturated rings. The van der Waals surface area contributed by atoms with Crippen LogP contribution in [0, 0.1) is 0 Å². The Morgan fingerprint density at radius 1 is 1.18 bits per heavy atom. The van der Waals surface area contributed by atoms with Gasteiger partial charge in [-0.05, 0) is 56.7 Å². The van der Waals surface area contributed by atoms with Crippen molar-refractivity contribution in [3.05, 3.63) is 0 Å². The molecule has 0 saturated carbocycles. The first-order chi connectivity index (χ1) is 8.40. The molecule has 1 unspecified atom stereocenters. The van der Waals surface area contributed by atoms with Crippen molar-refractivity contribution in [2.45, 2.75) is 57.5 Å². The molecule has 2 rings (SSSR count). The lowest BCUT2D eigenvalue weighted by Crippen LogP contribution is -2.48. The Morgan fingerprint density at radius 2 is 2.00 bits per heavy atom. The van der Waals surface area contributed by atoms with Crippen molar-refractivity contribution in [3.63, 3.8) is 0 Å². The standard InChI is InChI=1S/C14H28N2S/c1-2-9-16(14-6-10-17-11-7-14)12-13-5-3-4-8-15-13/h13-15H,2-12H2,1H3. The zero-order valence-corrected chi connectivity index (χ0v) is 12.1. The van der Waals surface area contributed by atoms with Crippen LogP contribution in [0.3, 0.4) is 0 Å². The minimum absolute atomic E-state index is 0.768. The minimum atomic E-state index is 0.768. The van der Waals surface area contributed by atoms with Crippen molar-refractivity contribution in [2.75, 3.05) is 31.1 Å². The third-order valence-electron chi connectivity index (χ3n) is 4.09. The molecule has 2 heterocycles. The summed E-state index contributed by atoms with van der Waals surface area (Å²) >= 11 is 2.14. The van der Waals surface area contributed by atoms with Crippen molar-refractivity contribution in [2.24, 2.45) is 0 Å². The van der Waals surface area contributed by atoms with Crippen LogP contribution in [-0.2, 0) is 0 Å². The number of rotatable bonds is 5. The van der Waals surface area contributed by atoms with E-state index in [-0.39, 0.29) is 0 Å². The second kappa shape index (κ2) is 7.65. The molecule has 100 valence electrons. The Hall–Kier alpha value is 0.270. The fraction of sp³-hybridized carbons (Fsp3) is 1.00. The van der Waals surface area contributed by atoms with Gasteiger partial charge in [0, 0.05) is 18.6 Å². The number of nitrogens with one attached hydrogen (secondary N) is 1. The van der Waals surface area contributed by atoms with Crippen molar-refractivity contribution in [3.8, 4) is 0 Å². The topological polar surface area (TPSA) is 15.3 Å². The van der Waals surface area contributed by atoms with E-state index >= 15 is 0 Å². The molecule has 2 saturated heterocycles. The van der Waals surface area contributed by atoms with Gasteiger partial charge in [-0.1, -0.05) is 13.3 Å². The largest absolute Gasteiger partial charge is 0.313 e. The average Bonchev–Trinajstić information content (AvgIpc) is 2.40. The lowest BCUT2D eigenvalue weighted by Gasteiger charge is -2.37. The second-order valence-corrected chi connectivity index (χ2v) is 6.71. The van der Waals surface area contributed by atoms with E-state index in [9.17, 15) is 0 Å². The highest BCUT2D eigenvalue weighted by atomic mass is 32.2. The van der Waals surface area contributed by atoms with E-state index in [1.165, 1.54) is 69.7 Å². The van der Waals surface area contributed by atoms with Gasteiger partial charge in [-0.25, -0.2) is 0 Å². The van der Waals surface area contributed by atoms with E-state index in [4.69, 9.17) is 0 Å². The average molecular weight is 256 g/mol. The predicted molar refractivity (Wildman–Crippen MR) is 77.9 cm³/mol. The first kappa shape index (κ1) is 13.7. The molecule has 1 N–H and O–H groups in total. The Balaban J connectivity index is 1.81. The number of hydrogen-bond donors (Lipinski definition) is 1. The molecule has 0 bridgehead atoms.